The Kier molecular flexibility index (Phi) is 6.16. The van der Waals surface area contributed by atoms with Crippen LogP contribution in [0, 0.1) is 6.92 Å². The standard InChI is InChI=1S/C28H27N3O2S/c1-20-8-6-7-9-21(20)19-26-28(33)29(2)24-18-22(12-13-25(24)34-26)27(32)31-16-14-30(15-17-31)23-10-4-3-5-11-23/h3-13,18-19H,14-17H2,1-2H3/b26-19-. The summed E-state index contributed by atoms with van der Waals surface area (Å²) in [6.45, 7) is 5.01. The fourth-order valence-electron chi connectivity index (χ4n) is 4.41. The Morgan fingerprint density at radius 3 is 2.35 bits per heavy atom. The summed E-state index contributed by atoms with van der Waals surface area (Å²) in [5.41, 5.74) is 4.76. The van der Waals surface area contributed by atoms with Gasteiger partial charge in [0, 0.05) is 49.4 Å². The van der Waals surface area contributed by atoms with Crippen LogP contribution in [0.15, 0.2) is 82.6 Å². The molecule has 2 heterocycles. The van der Waals surface area contributed by atoms with E-state index in [1.165, 1.54) is 17.4 Å². The van der Waals surface area contributed by atoms with Gasteiger partial charge in [-0.05, 0) is 54.5 Å². The Hall–Kier alpha value is -3.51. The minimum Gasteiger partial charge on any atom is -0.368 e. The van der Waals surface area contributed by atoms with Crippen LogP contribution in [0.5, 0.6) is 0 Å². The lowest BCUT2D eigenvalue weighted by molar-refractivity contribution is -0.114. The molecule has 0 unspecified atom stereocenters. The molecule has 0 aliphatic carbocycles. The topological polar surface area (TPSA) is 43.9 Å². The molecule has 34 heavy (non-hydrogen) atoms. The summed E-state index contributed by atoms with van der Waals surface area (Å²) in [5, 5.41) is 0. The molecule has 0 N–H and O–H groups in total. The number of thioether (sulfide) groups is 1. The third kappa shape index (κ3) is 4.33. The summed E-state index contributed by atoms with van der Waals surface area (Å²) >= 11 is 1.46. The van der Waals surface area contributed by atoms with Gasteiger partial charge in [-0.1, -0.05) is 54.2 Å². The summed E-state index contributed by atoms with van der Waals surface area (Å²) in [4.78, 5) is 33.9. The van der Waals surface area contributed by atoms with Crippen molar-refractivity contribution < 1.29 is 9.59 Å². The van der Waals surface area contributed by atoms with Gasteiger partial charge in [0.25, 0.3) is 11.8 Å². The quantitative estimate of drug-likeness (QED) is 0.503. The molecule has 2 amide bonds. The van der Waals surface area contributed by atoms with E-state index >= 15 is 0 Å². The third-order valence-electron chi connectivity index (χ3n) is 6.47. The smallest absolute Gasteiger partial charge is 0.264 e. The number of nitrogens with zero attached hydrogens (tertiary/aromatic N) is 3. The molecule has 6 heteroatoms. The van der Waals surface area contributed by atoms with Gasteiger partial charge in [0.1, 0.15) is 0 Å². The molecule has 3 aromatic carbocycles. The van der Waals surface area contributed by atoms with E-state index in [-0.39, 0.29) is 11.8 Å². The molecule has 5 nitrogen and oxygen atoms in total. The van der Waals surface area contributed by atoms with E-state index in [1.54, 1.807) is 11.9 Å². The number of amides is 2. The van der Waals surface area contributed by atoms with Gasteiger partial charge in [0.15, 0.2) is 0 Å². The van der Waals surface area contributed by atoms with Crippen molar-refractivity contribution in [2.45, 2.75) is 11.8 Å². The van der Waals surface area contributed by atoms with Crippen LogP contribution in [0.25, 0.3) is 6.08 Å². The van der Waals surface area contributed by atoms with Crippen molar-refractivity contribution in [1.82, 2.24) is 4.90 Å². The van der Waals surface area contributed by atoms with Crippen molar-refractivity contribution in [3.63, 3.8) is 0 Å². The molecule has 0 aromatic heterocycles. The first kappa shape index (κ1) is 22.3. The molecule has 3 aromatic rings. The van der Waals surface area contributed by atoms with Gasteiger partial charge in [-0.25, -0.2) is 0 Å². The molecule has 5 rings (SSSR count). The Balaban J connectivity index is 1.32. The Bertz CT molecular complexity index is 1260. The highest BCUT2D eigenvalue weighted by molar-refractivity contribution is 8.04. The predicted molar refractivity (Wildman–Crippen MR) is 139 cm³/mol. The fraction of sp³-hybridized carbons (Fsp3) is 0.214. The van der Waals surface area contributed by atoms with Crippen molar-refractivity contribution in [1.29, 1.82) is 0 Å². The number of hydrogen-bond acceptors (Lipinski definition) is 4. The number of aryl methyl sites for hydroxylation is 1. The lowest BCUT2D eigenvalue weighted by atomic mass is 10.1. The third-order valence-corrected chi connectivity index (χ3v) is 7.54. The minimum absolute atomic E-state index is 0.0163. The lowest BCUT2D eigenvalue weighted by Gasteiger charge is -2.36. The zero-order chi connectivity index (χ0) is 23.7. The molecule has 0 radical (unpaired) electrons. The molecule has 2 aliphatic rings. The minimum atomic E-state index is -0.0539. The summed E-state index contributed by atoms with van der Waals surface area (Å²) in [5.74, 6) is -0.0376. The second-order valence-corrected chi connectivity index (χ2v) is 9.71. The van der Waals surface area contributed by atoms with Gasteiger partial charge < -0.3 is 14.7 Å². The molecule has 2 aliphatic heterocycles. The van der Waals surface area contributed by atoms with Crippen molar-refractivity contribution >= 4 is 41.0 Å². The number of para-hydroxylation sites is 1. The Morgan fingerprint density at radius 1 is 0.912 bits per heavy atom. The van der Waals surface area contributed by atoms with Crippen LogP contribution >= 0.6 is 11.8 Å². The van der Waals surface area contributed by atoms with Crippen LogP contribution in [-0.2, 0) is 4.79 Å². The number of piperazine rings is 1. The molecule has 1 fully saturated rings. The average molecular weight is 470 g/mol. The highest BCUT2D eigenvalue weighted by Crippen LogP contribution is 2.42. The number of anilines is 2. The number of benzene rings is 3. The van der Waals surface area contributed by atoms with Crippen LogP contribution < -0.4 is 9.80 Å². The first-order valence-corrected chi connectivity index (χ1v) is 12.3. The van der Waals surface area contributed by atoms with E-state index in [1.807, 2.05) is 78.6 Å². The van der Waals surface area contributed by atoms with E-state index in [2.05, 4.69) is 17.0 Å². The summed E-state index contributed by atoms with van der Waals surface area (Å²) < 4.78 is 0. The van der Waals surface area contributed by atoms with Gasteiger partial charge in [0.05, 0.1) is 10.6 Å². The van der Waals surface area contributed by atoms with Crippen LogP contribution in [0.4, 0.5) is 11.4 Å². The summed E-state index contributed by atoms with van der Waals surface area (Å²) in [6, 6.07) is 24.0. The molecule has 1 saturated heterocycles. The molecule has 172 valence electrons. The number of likely N-dealkylation sites (N-methyl/N-ethyl adjacent to an activating group) is 1. The van der Waals surface area contributed by atoms with Gasteiger partial charge in [-0.3, -0.25) is 9.59 Å². The van der Waals surface area contributed by atoms with Gasteiger partial charge in [-0.2, -0.15) is 0 Å². The van der Waals surface area contributed by atoms with Crippen LogP contribution in [0.1, 0.15) is 21.5 Å². The highest BCUT2D eigenvalue weighted by atomic mass is 32.2. The van der Waals surface area contributed by atoms with Crippen molar-refractivity contribution in [3.05, 3.63) is 94.4 Å². The maximum absolute atomic E-state index is 13.2. The van der Waals surface area contributed by atoms with Crippen molar-refractivity contribution in [3.8, 4) is 0 Å². The van der Waals surface area contributed by atoms with E-state index in [0.29, 0.717) is 23.6 Å². The normalized spacial score (nSPS) is 17.2. The largest absolute Gasteiger partial charge is 0.368 e. The maximum atomic E-state index is 13.2. The number of rotatable bonds is 3. The number of carbonyl (C=O) groups is 2. The second kappa shape index (κ2) is 9.39. The van der Waals surface area contributed by atoms with Crippen molar-refractivity contribution in [2.75, 3.05) is 43.0 Å². The number of fused-ring (bicyclic) bond motifs is 1. The van der Waals surface area contributed by atoms with Gasteiger partial charge >= 0.3 is 0 Å². The molecule has 0 bridgehead atoms. The monoisotopic (exact) mass is 469 g/mol. The van der Waals surface area contributed by atoms with E-state index in [4.69, 9.17) is 0 Å². The van der Waals surface area contributed by atoms with E-state index in [9.17, 15) is 9.59 Å². The lowest BCUT2D eigenvalue weighted by Crippen LogP contribution is -2.48. The SMILES string of the molecule is Cc1ccccc1/C=C1\Sc2ccc(C(=O)N3CCN(c4ccccc4)CC3)cc2N(C)C1=O. The molecule has 0 spiro atoms. The maximum Gasteiger partial charge on any atom is 0.264 e. The number of carbonyl (C=O) groups excluding carboxylic acids is 2. The van der Waals surface area contributed by atoms with Crippen LogP contribution in [-0.4, -0.2) is 49.9 Å². The average Bonchev–Trinajstić information content (AvgIpc) is 2.88. The Morgan fingerprint density at radius 2 is 1.62 bits per heavy atom. The summed E-state index contributed by atoms with van der Waals surface area (Å²) in [6.07, 6.45) is 1.95. The fourth-order valence-corrected chi connectivity index (χ4v) is 5.49. The summed E-state index contributed by atoms with van der Waals surface area (Å²) in [7, 11) is 1.78. The first-order valence-electron chi connectivity index (χ1n) is 11.5. The van der Waals surface area contributed by atoms with Gasteiger partial charge in [0.2, 0.25) is 0 Å². The molecule has 0 saturated carbocycles. The van der Waals surface area contributed by atoms with Crippen molar-refractivity contribution in [2.24, 2.45) is 0 Å². The number of hydrogen-bond donors (Lipinski definition) is 0. The predicted octanol–water partition coefficient (Wildman–Crippen LogP) is 5.07. The van der Waals surface area contributed by atoms with E-state index in [0.717, 1.165) is 34.8 Å². The first-order chi connectivity index (χ1) is 16.5. The highest BCUT2D eigenvalue weighted by Gasteiger charge is 2.29. The molecular weight excluding hydrogens is 442 g/mol. The van der Waals surface area contributed by atoms with Gasteiger partial charge in [-0.15, -0.1) is 0 Å². The zero-order valence-electron chi connectivity index (χ0n) is 19.4. The molecule has 0 atom stereocenters. The van der Waals surface area contributed by atoms with Crippen LogP contribution in [0.3, 0.4) is 0 Å². The Labute approximate surface area is 204 Å². The molecular formula is C28H27N3O2S. The van der Waals surface area contributed by atoms with Crippen LogP contribution in [0.2, 0.25) is 0 Å². The zero-order valence-corrected chi connectivity index (χ0v) is 20.2. The second-order valence-electron chi connectivity index (χ2n) is 8.63. The van der Waals surface area contributed by atoms with E-state index < -0.39 is 0 Å².